The van der Waals surface area contributed by atoms with Gasteiger partial charge in [-0.1, -0.05) is 25.5 Å². The standard InChI is InChI=1S/C17H26N2O6S/c1-5-6-11-26(22,23)19-12(2)17(21)25-13(3)16(20)18-14-9-7-8-10-15(14)24-4/h7-10,12-13,19H,5-6,11H2,1-4H3,(H,18,20)/t12-,13+/m0/s1. The fourth-order valence-corrected chi connectivity index (χ4v) is 3.44. The lowest BCUT2D eigenvalue weighted by molar-refractivity contribution is -0.154. The topological polar surface area (TPSA) is 111 Å². The van der Waals surface area contributed by atoms with Crippen LogP contribution in [0.1, 0.15) is 33.6 Å². The monoisotopic (exact) mass is 386 g/mol. The van der Waals surface area contributed by atoms with Crippen molar-refractivity contribution in [2.24, 2.45) is 0 Å². The largest absolute Gasteiger partial charge is 0.495 e. The highest BCUT2D eigenvalue weighted by molar-refractivity contribution is 7.89. The van der Waals surface area contributed by atoms with Crippen LogP contribution in [0.3, 0.4) is 0 Å². The summed E-state index contributed by atoms with van der Waals surface area (Å²) in [5.74, 6) is -0.974. The maximum Gasteiger partial charge on any atom is 0.324 e. The second kappa shape index (κ2) is 10.1. The molecule has 0 heterocycles. The molecule has 9 heteroatoms. The van der Waals surface area contributed by atoms with Gasteiger partial charge in [-0.05, 0) is 32.4 Å². The van der Waals surface area contributed by atoms with E-state index in [1.165, 1.54) is 21.0 Å². The first-order chi connectivity index (χ1) is 12.2. The Labute approximate surface area is 154 Å². The molecule has 1 aromatic rings. The molecule has 0 aliphatic heterocycles. The minimum atomic E-state index is -3.57. The number of unbranched alkanes of at least 4 members (excludes halogenated alkanes) is 1. The lowest BCUT2D eigenvalue weighted by Crippen LogP contribution is -2.43. The molecule has 2 N–H and O–H groups in total. The number of benzene rings is 1. The number of ether oxygens (including phenoxy) is 2. The zero-order valence-electron chi connectivity index (χ0n) is 15.4. The van der Waals surface area contributed by atoms with Crippen molar-refractivity contribution < 1.29 is 27.5 Å². The number of hydrogen-bond acceptors (Lipinski definition) is 6. The summed E-state index contributed by atoms with van der Waals surface area (Å²) >= 11 is 0. The normalized spacial score (nSPS) is 13.5. The highest BCUT2D eigenvalue weighted by atomic mass is 32.2. The van der Waals surface area contributed by atoms with Gasteiger partial charge in [0.1, 0.15) is 11.8 Å². The van der Waals surface area contributed by atoms with Crippen molar-refractivity contribution in [3.05, 3.63) is 24.3 Å². The van der Waals surface area contributed by atoms with Crippen molar-refractivity contribution in [1.82, 2.24) is 4.72 Å². The molecule has 146 valence electrons. The number of carbonyl (C=O) groups is 2. The second-order valence-corrected chi connectivity index (χ2v) is 7.65. The summed E-state index contributed by atoms with van der Waals surface area (Å²) in [5.41, 5.74) is 0.441. The quantitative estimate of drug-likeness (QED) is 0.592. The van der Waals surface area contributed by atoms with E-state index in [0.717, 1.165) is 6.42 Å². The average molecular weight is 386 g/mol. The zero-order chi connectivity index (χ0) is 19.7. The Morgan fingerprint density at radius 1 is 1.19 bits per heavy atom. The van der Waals surface area contributed by atoms with E-state index in [9.17, 15) is 18.0 Å². The van der Waals surface area contributed by atoms with Crippen LogP contribution in [0.25, 0.3) is 0 Å². The molecule has 0 unspecified atom stereocenters. The van der Waals surface area contributed by atoms with E-state index in [-0.39, 0.29) is 5.75 Å². The van der Waals surface area contributed by atoms with Gasteiger partial charge < -0.3 is 14.8 Å². The summed E-state index contributed by atoms with van der Waals surface area (Å²) in [6, 6.07) is 5.72. The minimum absolute atomic E-state index is 0.0645. The van der Waals surface area contributed by atoms with Crippen molar-refractivity contribution in [3.8, 4) is 5.75 Å². The Morgan fingerprint density at radius 2 is 1.85 bits per heavy atom. The number of anilines is 1. The van der Waals surface area contributed by atoms with Crippen molar-refractivity contribution in [2.45, 2.75) is 45.8 Å². The Morgan fingerprint density at radius 3 is 2.46 bits per heavy atom. The number of nitrogens with one attached hydrogen (secondary N) is 2. The van der Waals surface area contributed by atoms with Crippen LogP contribution in [0, 0.1) is 0 Å². The van der Waals surface area contributed by atoms with Crippen molar-refractivity contribution >= 4 is 27.6 Å². The molecule has 0 saturated heterocycles. The SMILES string of the molecule is CCCCS(=O)(=O)N[C@@H](C)C(=O)O[C@H](C)C(=O)Nc1ccccc1OC. The van der Waals surface area contributed by atoms with E-state index < -0.39 is 34.0 Å². The summed E-state index contributed by atoms with van der Waals surface area (Å²) in [7, 11) is -2.10. The Balaban J connectivity index is 2.61. The molecular formula is C17H26N2O6S. The first kappa shape index (κ1) is 21.9. The van der Waals surface area contributed by atoms with Crippen molar-refractivity contribution in [3.63, 3.8) is 0 Å². The van der Waals surface area contributed by atoms with E-state index >= 15 is 0 Å². The number of hydrogen-bond donors (Lipinski definition) is 2. The van der Waals surface area contributed by atoms with Crippen LogP contribution in [-0.4, -0.2) is 45.3 Å². The van der Waals surface area contributed by atoms with Crippen LogP contribution < -0.4 is 14.8 Å². The van der Waals surface area contributed by atoms with Crippen LogP contribution in [-0.2, 0) is 24.3 Å². The fourth-order valence-electron chi connectivity index (χ4n) is 2.02. The third-order valence-corrected chi connectivity index (χ3v) is 5.04. The van der Waals surface area contributed by atoms with Crippen molar-refractivity contribution in [1.29, 1.82) is 0 Å². The number of rotatable bonds is 10. The summed E-state index contributed by atoms with van der Waals surface area (Å²) in [4.78, 5) is 24.2. The molecule has 0 fully saturated rings. The molecule has 1 rings (SSSR count). The summed E-state index contributed by atoms with van der Waals surface area (Å²) in [5, 5.41) is 2.60. The molecule has 1 amide bonds. The molecule has 26 heavy (non-hydrogen) atoms. The van der Waals surface area contributed by atoms with Gasteiger partial charge in [-0.2, -0.15) is 0 Å². The predicted octanol–water partition coefficient (Wildman–Crippen LogP) is 1.67. The van der Waals surface area contributed by atoms with Gasteiger partial charge in [0.05, 0.1) is 18.6 Å². The highest BCUT2D eigenvalue weighted by Crippen LogP contribution is 2.23. The van der Waals surface area contributed by atoms with Gasteiger partial charge >= 0.3 is 5.97 Å². The van der Waals surface area contributed by atoms with Gasteiger partial charge in [0, 0.05) is 0 Å². The fraction of sp³-hybridized carbons (Fsp3) is 0.529. The van der Waals surface area contributed by atoms with Gasteiger partial charge in [-0.15, -0.1) is 0 Å². The van der Waals surface area contributed by atoms with Gasteiger partial charge in [-0.25, -0.2) is 13.1 Å². The number of para-hydroxylation sites is 2. The Bertz CT molecular complexity index is 720. The predicted molar refractivity (Wildman–Crippen MR) is 98.5 cm³/mol. The number of esters is 1. The van der Waals surface area contributed by atoms with Gasteiger partial charge in [0.2, 0.25) is 10.0 Å². The molecule has 0 spiro atoms. The molecule has 2 atom stereocenters. The van der Waals surface area contributed by atoms with Crippen LogP contribution in [0.2, 0.25) is 0 Å². The summed E-state index contributed by atoms with van der Waals surface area (Å²) in [6.07, 6.45) is 0.115. The highest BCUT2D eigenvalue weighted by Gasteiger charge is 2.25. The second-order valence-electron chi connectivity index (χ2n) is 5.78. The van der Waals surface area contributed by atoms with Gasteiger partial charge in [0.15, 0.2) is 6.10 Å². The van der Waals surface area contributed by atoms with Crippen LogP contribution in [0.4, 0.5) is 5.69 Å². The summed E-state index contributed by atoms with van der Waals surface area (Å²) in [6.45, 7) is 4.65. The average Bonchev–Trinajstić information content (AvgIpc) is 2.59. The van der Waals surface area contributed by atoms with Crippen molar-refractivity contribution in [2.75, 3.05) is 18.2 Å². The van der Waals surface area contributed by atoms with Crippen LogP contribution >= 0.6 is 0 Å². The molecule has 0 saturated carbocycles. The Hall–Kier alpha value is -2.13. The zero-order valence-corrected chi connectivity index (χ0v) is 16.3. The van der Waals surface area contributed by atoms with Crippen LogP contribution in [0.5, 0.6) is 5.75 Å². The number of carbonyl (C=O) groups excluding carboxylic acids is 2. The molecule has 0 aromatic heterocycles. The maximum absolute atomic E-state index is 12.2. The molecule has 8 nitrogen and oxygen atoms in total. The number of methoxy groups -OCH3 is 1. The first-order valence-electron chi connectivity index (χ1n) is 8.34. The Kier molecular flexibility index (Phi) is 8.53. The third kappa shape index (κ3) is 7.01. The van der Waals surface area contributed by atoms with Crippen LogP contribution in [0.15, 0.2) is 24.3 Å². The number of sulfonamides is 1. The molecular weight excluding hydrogens is 360 g/mol. The van der Waals surface area contributed by atoms with E-state index in [1.807, 2.05) is 6.92 Å². The van der Waals surface area contributed by atoms with Gasteiger partial charge in [-0.3, -0.25) is 9.59 Å². The molecule has 0 aliphatic rings. The van der Waals surface area contributed by atoms with E-state index in [0.29, 0.717) is 17.9 Å². The molecule has 0 bridgehead atoms. The lowest BCUT2D eigenvalue weighted by Gasteiger charge is -2.18. The van der Waals surface area contributed by atoms with E-state index in [2.05, 4.69) is 10.0 Å². The first-order valence-corrected chi connectivity index (χ1v) is 9.99. The lowest BCUT2D eigenvalue weighted by atomic mass is 10.2. The molecule has 0 radical (unpaired) electrons. The molecule has 1 aromatic carbocycles. The van der Waals surface area contributed by atoms with E-state index in [4.69, 9.17) is 9.47 Å². The maximum atomic E-state index is 12.2. The smallest absolute Gasteiger partial charge is 0.324 e. The van der Waals surface area contributed by atoms with E-state index in [1.54, 1.807) is 24.3 Å². The minimum Gasteiger partial charge on any atom is -0.495 e. The summed E-state index contributed by atoms with van der Waals surface area (Å²) < 4.78 is 36.1. The third-order valence-electron chi connectivity index (χ3n) is 3.50. The number of amides is 1. The van der Waals surface area contributed by atoms with Gasteiger partial charge in [0.25, 0.3) is 5.91 Å². The molecule has 0 aliphatic carbocycles.